The summed E-state index contributed by atoms with van der Waals surface area (Å²) in [5, 5.41) is 14.2. The molecular weight excluding hydrogens is 371 g/mol. The van der Waals surface area contributed by atoms with Crippen LogP contribution in [0.15, 0.2) is 42.6 Å². The third kappa shape index (κ3) is 5.35. The zero-order chi connectivity index (χ0) is 16.9. The Hall–Kier alpha value is -1.79. The van der Waals surface area contributed by atoms with Crippen LogP contribution in [0.2, 0.25) is 0 Å². The molecule has 7 heteroatoms. The van der Waals surface area contributed by atoms with Gasteiger partial charge in [-0.15, -0.1) is 24.8 Å². The van der Waals surface area contributed by atoms with E-state index in [9.17, 15) is 5.11 Å². The second-order valence-electron chi connectivity index (χ2n) is 6.18. The van der Waals surface area contributed by atoms with Crippen LogP contribution in [-0.4, -0.2) is 21.1 Å². The number of nitrogen functional groups attached to an aromatic ring is 1. The topological polar surface area (TPSA) is 87.0 Å². The van der Waals surface area contributed by atoms with Gasteiger partial charge in [-0.1, -0.05) is 24.3 Å². The summed E-state index contributed by atoms with van der Waals surface area (Å²) in [5.74, 6) is 0.482. The number of aromatic nitrogens is 2. The summed E-state index contributed by atoms with van der Waals surface area (Å²) in [4.78, 5) is 7.64. The Labute approximate surface area is 166 Å². The van der Waals surface area contributed by atoms with Crippen molar-refractivity contribution in [2.75, 3.05) is 5.73 Å². The first-order chi connectivity index (χ1) is 11.7. The van der Waals surface area contributed by atoms with Crippen molar-refractivity contribution in [1.82, 2.24) is 15.3 Å². The average Bonchev–Trinajstić information content (AvgIpc) is 3.01. The molecule has 0 amide bonds. The van der Waals surface area contributed by atoms with E-state index in [-0.39, 0.29) is 31.4 Å². The summed E-state index contributed by atoms with van der Waals surface area (Å²) in [5.41, 5.74) is 9.91. The minimum absolute atomic E-state index is 0. The van der Waals surface area contributed by atoms with Crippen LogP contribution < -0.4 is 11.1 Å². The van der Waals surface area contributed by atoms with Crippen molar-refractivity contribution in [3.05, 3.63) is 59.4 Å². The summed E-state index contributed by atoms with van der Waals surface area (Å²) in [7, 11) is 0. The number of nitrogens with one attached hydrogen (secondary N) is 2. The van der Waals surface area contributed by atoms with Crippen molar-refractivity contribution in [1.29, 1.82) is 0 Å². The van der Waals surface area contributed by atoms with Crippen LogP contribution in [0.25, 0.3) is 10.9 Å². The molecular formula is C19H26Cl2N4O. The smallest absolute Gasteiger partial charge is 0.123 e. The minimum Gasteiger partial charge on any atom is -0.392 e. The molecule has 0 saturated carbocycles. The Morgan fingerprint density at radius 2 is 1.92 bits per heavy atom. The molecule has 3 rings (SSSR count). The van der Waals surface area contributed by atoms with Gasteiger partial charge in [-0.2, -0.15) is 0 Å². The number of rotatable bonds is 7. The molecule has 3 aromatic rings. The average molecular weight is 397 g/mol. The number of benzene rings is 1. The van der Waals surface area contributed by atoms with Crippen LogP contribution >= 0.6 is 24.8 Å². The number of nitrogens with zero attached hydrogens (tertiary/aromatic N) is 1. The van der Waals surface area contributed by atoms with Crippen LogP contribution in [0.5, 0.6) is 0 Å². The lowest BCUT2D eigenvalue weighted by Crippen LogP contribution is -2.27. The number of aliphatic hydroxyl groups is 1. The number of anilines is 1. The Kier molecular flexibility index (Phi) is 8.88. The summed E-state index contributed by atoms with van der Waals surface area (Å²) in [6.45, 7) is 2.75. The molecule has 0 bridgehead atoms. The van der Waals surface area contributed by atoms with Crippen molar-refractivity contribution in [3.63, 3.8) is 0 Å². The minimum atomic E-state index is -0.0198. The van der Waals surface area contributed by atoms with Crippen LogP contribution in [0.1, 0.15) is 30.2 Å². The second kappa shape index (κ2) is 10.4. The van der Waals surface area contributed by atoms with Crippen molar-refractivity contribution >= 4 is 41.5 Å². The molecule has 0 fully saturated rings. The van der Waals surface area contributed by atoms with Crippen molar-refractivity contribution in [2.24, 2.45) is 0 Å². The molecule has 0 aliphatic carbocycles. The van der Waals surface area contributed by atoms with E-state index in [1.807, 2.05) is 12.1 Å². The fourth-order valence-corrected chi connectivity index (χ4v) is 2.93. The molecule has 0 spiro atoms. The number of aromatic amines is 1. The summed E-state index contributed by atoms with van der Waals surface area (Å²) < 4.78 is 0. The molecule has 5 nitrogen and oxygen atoms in total. The van der Waals surface area contributed by atoms with Gasteiger partial charge in [-0.25, -0.2) is 4.98 Å². The molecule has 1 atom stereocenters. The fraction of sp³-hybridized carbons (Fsp3) is 0.316. The predicted octanol–water partition coefficient (Wildman–Crippen LogP) is 3.59. The van der Waals surface area contributed by atoms with Gasteiger partial charge < -0.3 is 21.1 Å². The maximum absolute atomic E-state index is 9.39. The number of nitrogens with two attached hydrogens (primary N) is 1. The highest BCUT2D eigenvalue weighted by atomic mass is 35.5. The van der Waals surface area contributed by atoms with E-state index in [1.54, 1.807) is 6.07 Å². The number of pyridine rings is 1. The highest BCUT2D eigenvalue weighted by Gasteiger charge is 2.09. The van der Waals surface area contributed by atoms with Gasteiger partial charge in [0.2, 0.25) is 0 Å². The molecule has 0 radical (unpaired) electrons. The van der Waals surface area contributed by atoms with Crippen LogP contribution in [-0.2, 0) is 19.6 Å². The highest BCUT2D eigenvalue weighted by Crippen LogP contribution is 2.19. The lowest BCUT2D eigenvalue weighted by atomic mass is 10.1. The number of hydrogen-bond acceptors (Lipinski definition) is 4. The summed E-state index contributed by atoms with van der Waals surface area (Å²) in [6, 6.07) is 12.3. The van der Waals surface area contributed by atoms with E-state index in [1.165, 1.54) is 16.5 Å². The number of H-pyrrole nitrogens is 1. The molecule has 0 aliphatic heterocycles. The number of aliphatic hydroxyl groups excluding tert-OH is 1. The number of para-hydroxylation sites is 1. The Bertz CT molecular complexity index is 822. The molecule has 1 aromatic carbocycles. The standard InChI is InChI=1S/C19H24N4O.2ClH/c1-13(21-11-18-15(12-24)8-9-19(20)23-18)6-7-14-10-22-17-5-3-2-4-16(14)17;;/h2-5,8-10,13,21-22,24H,6-7,11-12H2,1H3,(H2,20,23);2*1H/t13-;;/m1../s1. The van der Waals surface area contributed by atoms with E-state index >= 15 is 0 Å². The lowest BCUT2D eigenvalue weighted by Gasteiger charge is -2.15. The van der Waals surface area contributed by atoms with Crippen molar-refractivity contribution in [3.8, 4) is 0 Å². The normalized spacial score (nSPS) is 11.6. The molecule has 2 heterocycles. The van der Waals surface area contributed by atoms with Crippen LogP contribution in [0.3, 0.4) is 0 Å². The van der Waals surface area contributed by atoms with Gasteiger partial charge >= 0.3 is 0 Å². The highest BCUT2D eigenvalue weighted by molar-refractivity contribution is 5.85. The zero-order valence-corrected chi connectivity index (χ0v) is 16.4. The van der Waals surface area contributed by atoms with E-state index in [0.717, 1.165) is 24.1 Å². The molecule has 2 aromatic heterocycles. The quantitative estimate of drug-likeness (QED) is 0.491. The van der Waals surface area contributed by atoms with E-state index in [0.29, 0.717) is 18.4 Å². The molecule has 5 N–H and O–H groups in total. The third-order valence-corrected chi connectivity index (χ3v) is 4.40. The maximum atomic E-state index is 9.39. The van der Waals surface area contributed by atoms with Gasteiger partial charge in [0.05, 0.1) is 12.3 Å². The largest absolute Gasteiger partial charge is 0.392 e. The fourth-order valence-electron chi connectivity index (χ4n) is 2.93. The molecule has 0 aliphatic rings. The van der Waals surface area contributed by atoms with Gasteiger partial charge in [0, 0.05) is 35.2 Å². The van der Waals surface area contributed by atoms with Gasteiger partial charge in [-0.3, -0.25) is 0 Å². The van der Waals surface area contributed by atoms with Gasteiger partial charge in [0.25, 0.3) is 0 Å². The summed E-state index contributed by atoms with van der Waals surface area (Å²) in [6.07, 6.45) is 4.13. The summed E-state index contributed by atoms with van der Waals surface area (Å²) >= 11 is 0. The van der Waals surface area contributed by atoms with E-state index < -0.39 is 0 Å². The van der Waals surface area contributed by atoms with Gasteiger partial charge in [0.1, 0.15) is 5.82 Å². The number of fused-ring (bicyclic) bond motifs is 1. The van der Waals surface area contributed by atoms with E-state index in [4.69, 9.17) is 5.73 Å². The monoisotopic (exact) mass is 396 g/mol. The number of aryl methyl sites for hydroxylation is 1. The zero-order valence-electron chi connectivity index (χ0n) is 14.7. The first kappa shape index (κ1) is 22.3. The number of halogens is 2. The Morgan fingerprint density at radius 3 is 2.69 bits per heavy atom. The number of hydrogen-bond donors (Lipinski definition) is 4. The molecule has 26 heavy (non-hydrogen) atoms. The molecule has 0 saturated heterocycles. The van der Waals surface area contributed by atoms with Crippen molar-refractivity contribution < 1.29 is 5.11 Å². The predicted molar refractivity (Wildman–Crippen MR) is 112 cm³/mol. The van der Waals surface area contributed by atoms with Crippen LogP contribution in [0.4, 0.5) is 5.82 Å². The Balaban J connectivity index is 0.00000169. The second-order valence-corrected chi connectivity index (χ2v) is 6.18. The molecule has 142 valence electrons. The SMILES string of the molecule is C[C@H](CCc1c[nH]c2ccccc12)NCc1nc(N)ccc1CO.Cl.Cl. The molecule has 0 unspecified atom stereocenters. The van der Waals surface area contributed by atoms with E-state index in [2.05, 4.69) is 46.6 Å². The first-order valence-corrected chi connectivity index (χ1v) is 8.31. The Morgan fingerprint density at radius 1 is 1.15 bits per heavy atom. The van der Waals surface area contributed by atoms with Gasteiger partial charge in [0.15, 0.2) is 0 Å². The van der Waals surface area contributed by atoms with Crippen molar-refractivity contribution in [2.45, 2.75) is 39.0 Å². The van der Waals surface area contributed by atoms with Crippen LogP contribution in [0, 0.1) is 0 Å². The lowest BCUT2D eigenvalue weighted by molar-refractivity contribution is 0.279. The third-order valence-electron chi connectivity index (χ3n) is 4.40. The van der Waals surface area contributed by atoms with Gasteiger partial charge in [-0.05, 0) is 37.5 Å². The maximum Gasteiger partial charge on any atom is 0.123 e. The first-order valence-electron chi connectivity index (χ1n) is 8.31.